The summed E-state index contributed by atoms with van der Waals surface area (Å²) in [5.41, 5.74) is 2.91. The van der Waals surface area contributed by atoms with Crippen LogP contribution in [0, 0.1) is 11.3 Å². The average Bonchev–Trinajstić information content (AvgIpc) is 3.37. The van der Waals surface area contributed by atoms with E-state index in [1.54, 1.807) is 36.4 Å². The van der Waals surface area contributed by atoms with Gasteiger partial charge in [0.25, 0.3) is 0 Å². The minimum absolute atomic E-state index is 0.429. The normalized spacial score (nSPS) is 11.4. The van der Waals surface area contributed by atoms with Gasteiger partial charge in [-0.1, -0.05) is 59.6 Å². The predicted octanol–water partition coefficient (Wildman–Crippen LogP) is 7.44. The second-order valence-electron chi connectivity index (χ2n) is 5.87. The molecule has 28 heavy (non-hydrogen) atoms. The van der Waals surface area contributed by atoms with Crippen molar-refractivity contribution in [2.45, 2.75) is 0 Å². The summed E-state index contributed by atoms with van der Waals surface area (Å²) in [5, 5.41) is 13.2. The minimum Gasteiger partial charge on any atom is -0.457 e. The van der Waals surface area contributed by atoms with Gasteiger partial charge in [0.2, 0.25) is 0 Å². The van der Waals surface area contributed by atoms with Gasteiger partial charge in [-0.25, -0.2) is 4.98 Å². The lowest BCUT2D eigenvalue weighted by Crippen LogP contribution is -1.82. The number of furan rings is 1. The molecule has 0 saturated carbocycles. The van der Waals surface area contributed by atoms with Gasteiger partial charge in [-0.05, 0) is 24.3 Å². The molecule has 0 bridgehead atoms. The highest BCUT2D eigenvalue weighted by Gasteiger charge is 2.14. The van der Waals surface area contributed by atoms with Crippen LogP contribution in [0.3, 0.4) is 0 Å². The Morgan fingerprint density at radius 1 is 1.00 bits per heavy atom. The number of thiazole rings is 1. The van der Waals surface area contributed by atoms with Gasteiger partial charge >= 0.3 is 0 Å². The third kappa shape index (κ3) is 3.74. The monoisotopic (exact) mass is 422 g/mol. The first-order valence-corrected chi connectivity index (χ1v) is 9.96. The van der Waals surface area contributed by atoms with E-state index in [9.17, 15) is 5.26 Å². The van der Waals surface area contributed by atoms with Crippen molar-refractivity contribution >= 4 is 46.2 Å². The van der Waals surface area contributed by atoms with Crippen LogP contribution in [0.1, 0.15) is 10.8 Å². The minimum atomic E-state index is 0.429. The van der Waals surface area contributed by atoms with E-state index >= 15 is 0 Å². The summed E-state index contributed by atoms with van der Waals surface area (Å²) >= 11 is 13.9. The van der Waals surface area contributed by atoms with Crippen LogP contribution >= 0.6 is 34.5 Å². The maximum atomic E-state index is 9.60. The van der Waals surface area contributed by atoms with Gasteiger partial charge < -0.3 is 4.42 Å². The Labute approximate surface area is 176 Å². The van der Waals surface area contributed by atoms with Gasteiger partial charge in [0, 0.05) is 17.0 Å². The van der Waals surface area contributed by atoms with Gasteiger partial charge in [0.05, 0.1) is 26.9 Å². The molecule has 0 amide bonds. The molecule has 0 radical (unpaired) electrons. The standard InChI is InChI=1S/C22H12Cl2N2OS/c23-17-7-4-8-18(24)21(17)20-10-9-16(27-20)11-15(12-25)22-26-19(13-28-22)14-5-2-1-3-6-14/h1-11,13H/b15-11+. The van der Waals surface area contributed by atoms with Crippen molar-refractivity contribution in [1.82, 2.24) is 4.98 Å². The average molecular weight is 423 g/mol. The van der Waals surface area contributed by atoms with Crippen molar-refractivity contribution in [3.8, 4) is 28.7 Å². The van der Waals surface area contributed by atoms with E-state index in [2.05, 4.69) is 11.1 Å². The molecule has 6 heteroatoms. The summed E-state index contributed by atoms with van der Waals surface area (Å²) in [6.45, 7) is 0. The number of hydrogen-bond donors (Lipinski definition) is 0. The number of nitriles is 1. The molecule has 4 aromatic rings. The summed E-state index contributed by atoms with van der Waals surface area (Å²) in [7, 11) is 0. The Balaban J connectivity index is 1.66. The fourth-order valence-corrected chi connectivity index (χ4v) is 4.10. The second-order valence-corrected chi connectivity index (χ2v) is 7.54. The van der Waals surface area contributed by atoms with E-state index in [0.29, 0.717) is 37.7 Å². The lowest BCUT2D eigenvalue weighted by molar-refractivity contribution is 0.572. The lowest BCUT2D eigenvalue weighted by atomic mass is 10.2. The molecule has 0 aliphatic rings. The number of allylic oxidation sites excluding steroid dienone is 1. The Bertz CT molecular complexity index is 1180. The first-order valence-electron chi connectivity index (χ1n) is 8.33. The van der Waals surface area contributed by atoms with E-state index in [1.165, 1.54) is 11.3 Å². The maximum absolute atomic E-state index is 9.60. The number of benzene rings is 2. The summed E-state index contributed by atoms with van der Waals surface area (Å²) in [6.07, 6.45) is 1.67. The predicted molar refractivity (Wildman–Crippen MR) is 115 cm³/mol. The second kappa shape index (κ2) is 8.04. The fourth-order valence-electron chi connectivity index (χ4n) is 2.72. The molecule has 0 aliphatic carbocycles. The van der Waals surface area contributed by atoms with Gasteiger partial charge in [0.1, 0.15) is 22.6 Å². The fraction of sp³-hybridized carbons (Fsp3) is 0. The third-order valence-corrected chi connectivity index (χ3v) is 5.55. The molecule has 0 unspecified atom stereocenters. The van der Waals surface area contributed by atoms with Crippen LogP contribution in [0.25, 0.3) is 34.2 Å². The highest BCUT2D eigenvalue weighted by Crippen LogP contribution is 2.36. The summed E-state index contributed by atoms with van der Waals surface area (Å²) in [5.74, 6) is 1.07. The molecule has 0 fully saturated rings. The van der Waals surface area contributed by atoms with Crippen molar-refractivity contribution in [3.63, 3.8) is 0 Å². The molecule has 3 nitrogen and oxygen atoms in total. The SMILES string of the molecule is N#C/C(=C\c1ccc(-c2c(Cl)cccc2Cl)o1)c1nc(-c2ccccc2)cs1. The van der Waals surface area contributed by atoms with Crippen molar-refractivity contribution in [3.05, 3.63) is 86.9 Å². The molecular formula is C22H12Cl2N2OS. The van der Waals surface area contributed by atoms with Gasteiger partial charge in [0.15, 0.2) is 0 Å². The maximum Gasteiger partial charge on any atom is 0.137 e. The zero-order chi connectivity index (χ0) is 19.5. The van der Waals surface area contributed by atoms with Gasteiger partial charge in [-0.3, -0.25) is 0 Å². The number of halogens is 2. The van der Waals surface area contributed by atoms with E-state index in [-0.39, 0.29) is 0 Å². The first-order chi connectivity index (χ1) is 13.7. The van der Waals surface area contributed by atoms with Gasteiger partial charge in [-0.15, -0.1) is 11.3 Å². The van der Waals surface area contributed by atoms with Crippen molar-refractivity contribution in [2.75, 3.05) is 0 Å². The van der Waals surface area contributed by atoms with Crippen molar-refractivity contribution < 1.29 is 4.42 Å². The van der Waals surface area contributed by atoms with Crippen LogP contribution in [-0.4, -0.2) is 4.98 Å². The van der Waals surface area contributed by atoms with E-state index < -0.39 is 0 Å². The number of rotatable bonds is 4. The largest absolute Gasteiger partial charge is 0.457 e. The zero-order valence-corrected chi connectivity index (χ0v) is 16.7. The van der Waals surface area contributed by atoms with Crippen molar-refractivity contribution in [1.29, 1.82) is 5.26 Å². The highest BCUT2D eigenvalue weighted by molar-refractivity contribution is 7.11. The molecule has 136 valence electrons. The van der Waals surface area contributed by atoms with Crippen LogP contribution in [0.5, 0.6) is 0 Å². The highest BCUT2D eigenvalue weighted by atomic mass is 35.5. The smallest absolute Gasteiger partial charge is 0.137 e. The molecule has 4 rings (SSSR count). The van der Waals surface area contributed by atoms with E-state index in [1.807, 2.05) is 35.7 Å². The summed E-state index contributed by atoms with van der Waals surface area (Å²) in [4.78, 5) is 4.58. The molecule has 2 aromatic heterocycles. The Morgan fingerprint density at radius 2 is 1.75 bits per heavy atom. The van der Waals surface area contributed by atoms with Crippen LogP contribution in [-0.2, 0) is 0 Å². The molecular weight excluding hydrogens is 411 g/mol. The first kappa shape index (κ1) is 18.5. The summed E-state index contributed by atoms with van der Waals surface area (Å²) < 4.78 is 5.86. The van der Waals surface area contributed by atoms with Crippen LogP contribution in [0.4, 0.5) is 0 Å². The Morgan fingerprint density at radius 3 is 2.46 bits per heavy atom. The van der Waals surface area contributed by atoms with Crippen LogP contribution in [0.15, 0.2) is 70.5 Å². The molecule has 0 saturated heterocycles. The van der Waals surface area contributed by atoms with Crippen molar-refractivity contribution in [2.24, 2.45) is 0 Å². The number of nitrogens with zero attached hydrogens (tertiary/aromatic N) is 2. The number of aromatic nitrogens is 1. The number of hydrogen-bond acceptors (Lipinski definition) is 4. The lowest BCUT2D eigenvalue weighted by Gasteiger charge is -2.02. The zero-order valence-electron chi connectivity index (χ0n) is 14.4. The van der Waals surface area contributed by atoms with Crippen LogP contribution in [0.2, 0.25) is 10.0 Å². The Hall–Kier alpha value is -2.84. The topological polar surface area (TPSA) is 49.8 Å². The third-order valence-electron chi connectivity index (χ3n) is 4.05. The summed E-state index contributed by atoms with van der Waals surface area (Å²) in [6, 6.07) is 20.9. The van der Waals surface area contributed by atoms with E-state index in [0.717, 1.165) is 11.3 Å². The molecule has 0 N–H and O–H groups in total. The van der Waals surface area contributed by atoms with Gasteiger partial charge in [-0.2, -0.15) is 5.26 Å². The molecule has 0 atom stereocenters. The Kier molecular flexibility index (Phi) is 5.31. The molecule has 2 aromatic carbocycles. The van der Waals surface area contributed by atoms with E-state index in [4.69, 9.17) is 27.6 Å². The quantitative estimate of drug-likeness (QED) is 0.321. The molecule has 0 aliphatic heterocycles. The molecule has 0 spiro atoms. The van der Waals surface area contributed by atoms with Crippen LogP contribution < -0.4 is 0 Å². The molecule has 2 heterocycles.